The number of thioether (sulfide) groups is 3. The third kappa shape index (κ3) is 53.0. The summed E-state index contributed by atoms with van der Waals surface area (Å²) < 4.78 is 313. The zero-order valence-corrected chi connectivity index (χ0v) is 90.4. The molecule has 0 aromatic carbocycles. The lowest BCUT2D eigenvalue weighted by Crippen LogP contribution is -2.48. The number of ether oxygens (including phenoxy) is 15. The van der Waals surface area contributed by atoms with Gasteiger partial charge >= 0.3 is 117 Å². The Balaban J connectivity index is 0.000000272. The number of phosphoric ester groups is 5. The van der Waals surface area contributed by atoms with Crippen LogP contribution in [-0.2, 0) is 205 Å². The van der Waals surface area contributed by atoms with Crippen molar-refractivity contribution < 1.29 is 303 Å². The summed E-state index contributed by atoms with van der Waals surface area (Å²) in [4.78, 5) is 179. The van der Waals surface area contributed by atoms with Gasteiger partial charge in [0, 0.05) is 90.5 Å². The zero-order chi connectivity index (χ0) is 107. The molecule has 10 rings (SSSR count). The minimum absolute atomic E-state index is 0.0633. The maximum atomic E-state index is 11.9. The van der Waals surface area contributed by atoms with E-state index in [1.165, 1.54) is 33.1 Å². The van der Waals surface area contributed by atoms with Crippen LogP contribution in [0.4, 0.5) is 0 Å². The Labute approximate surface area is 829 Å². The second kappa shape index (κ2) is 57.0. The van der Waals surface area contributed by atoms with E-state index in [2.05, 4.69) is 61.2 Å². The van der Waals surface area contributed by atoms with E-state index in [1.807, 2.05) is 6.92 Å². The van der Waals surface area contributed by atoms with Gasteiger partial charge in [0.1, 0.15) is 61.2 Å². The predicted molar refractivity (Wildman–Crippen MR) is 479 cm³/mol. The highest BCUT2D eigenvalue weighted by Crippen LogP contribution is 2.72. The van der Waals surface area contributed by atoms with Crippen molar-refractivity contribution in [2.45, 2.75) is 241 Å². The monoisotopic (exact) mass is 2410 g/mol. The Kier molecular flexibility index (Phi) is 53.6. The average Bonchev–Trinajstić information content (AvgIpc) is 1.69. The van der Waals surface area contributed by atoms with Gasteiger partial charge in [-0.25, -0.2) is 68.5 Å². The van der Waals surface area contributed by atoms with Crippen LogP contribution in [0.25, 0.3) is 0 Å². The molecule has 0 aromatic rings. The Bertz CT molecular complexity index is 4500. The Morgan fingerprint density at radius 1 is 0.331 bits per heavy atom. The molecule has 10 radical (unpaired) electrons. The SMILES string of the molecule is [B]C1CC(OC2(OC)CCOC(C)C2)C(COP(=O)(O)OP(=O)(O)OP(=O)(O)O)O1.[B]C1CC(OC2(OC)CCOCC2)C(COP(=O)(O)OP(=O)(O)OP(=O)(O)O)S1.[B]C1CC(OC2(OC)CCSCC2)C(COP(=O)(O)OP(=O)(O)OP(=O)(O)O)O1.[B]C1CC(OC2CCCCO2)C(COP(=O)(O)OP(=O)(O)OP(=O)(O)O)O1.[B]C1CC(OC2CCCCS2)C(COP(=O)(O)OP(=O)(O)OP(=O)(O)O)O1. The summed E-state index contributed by atoms with van der Waals surface area (Å²) in [6.45, 7) is 0.705. The second-order valence-electron chi connectivity index (χ2n) is 30.8. The summed E-state index contributed by atoms with van der Waals surface area (Å²) in [6, 6.07) is -2.94. The van der Waals surface area contributed by atoms with Crippen LogP contribution in [0.1, 0.15) is 116 Å². The summed E-state index contributed by atoms with van der Waals surface area (Å²) in [6.07, 6.45) is 2.51. The van der Waals surface area contributed by atoms with Crippen molar-refractivity contribution in [3.63, 3.8) is 0 Å². The number of phosphoric acid groups is 15. The third-order valence-electron chi connectivity index (χ3n) is 19.4. The minimum atomic E-state index is -5.61. The first kappa shape index (κ1) is 133. The molecule has 10 fully saturated rings. The highest BCUT2D eigenvalue weighted by atomic mass is 32.2. The van der Waals surface area contributed by atoms with Crippen molar-refractivity contribution in [2.75, 3.05) is 98.0 Å². The minimum Gasteiger partial charge on any atom is -0.381 e. The molecule has 10 aliphatic heterocycles. The Morgan fingerprint density at radius 3 is 0.993 bits per heavy atom. The smallest absolute Gasteiger partial charge is 0.381 e. The lowest BCUT2D eigenvalue weighted by atomic mass is 9.95. The predicted octanol–water partition coefficient (Wildman–Crippen LogP) is 4.04. The normalized spacial score (nSPS) is 33.7. The van der Waals surface area contributed by atoms with E-state index >= 15 is 0 Å². The van der Waals surface area contributed by atoms with Gasteiger partial charge in [-0.05, 0) is 100.0 Å². The highest BCUT2D eigenvalue weighted by Gasteiger charge is 2.53. The van der Waals surface area contributed by atoms with Crippen LogP contribution < -0.4 is 0 Å². The van der Waals surface area contributed by atoms with Gasteiger partial charge in [0.2, 0.25) is 0 Å². The Morgan fingerprint density at radius 2 is 0.655 bits per heavy atom. The van der Waals surface area contributed by atoms with Crippen LogP contribution in [0.15, 0.2) is 0 Å². The lowest BCUT2D eigenvalue weighted by molar-refractivity contribution is -0.290. The number of rotatable bonds is 48. The van der Waals surface area contributed by atoms with Crippen molar-refractivity contribution in [1.82, 2.24) is 0 Å². The summed E-state index contributed by atoms with van der Waals surface area (Å²) >= 11 is 4.60. The van der Waals surface area contributed by atoms with Crippen molar-refractivity contribution in [1.29, 1.82) is 0 Å². The first-order chi connectivity index (χ1) is 64.8. The number of hydrogen-bond acceptors (Lipinski definition) is 48. The van der Waals surface area contributed by atoms with Gasteiger partial charge in [-0.2, -0.15) is 66.6 Å². The van der Waals surface area contributed by atoms with Crippen molar-refractivity contribution >= 4 is 192 Å². The van der Waals surface area contributed by atoms with Crippen LogP contribution in [0.5, 0.6) is 0 Å². The van der Waals surface area contributed by atoms with E-state index in [-0.39, 0.29) is 36.0 Å². The van der Waals surface area contributed by atoms with Gasteiger partial charge in [0.05, 0.1) is 103 Å². The second-order valence-corrected chi connectivity index (χ2v) is 56.9. The molecule has 88 heteroatoms. The summed E-state index contributed by atoms with van der Waals surface area (Å²) in [5.74, 6) is -0.163. The molecule has 142 heavy (non-hydrogen) atoms. The average molecular weight is 2410 g/mol. The zero-order valence-electron chi connectivity index (χ0n) is 74.5. The largest absolute Gasteiger partial charge is 0.490 e. The quantitative estimate of drug-likeness (QED) is 0.0232. The van der Waals surface area contributed by atoms with Crippen molar-refractivity contribution in [3.8, 4) is 0 Å². The summed E-state index contributed by atoms with van der Waals surface area (Å²) in [7, 11) is -48.1. The fourth-order valence-electron chi connectivity index (χ4n) is 13.8. The van der Waals surface area contributed by atoms with Gasteiger partial charge < -0.3 is 169 Å². The van der Waals surface area contributed by atoms with E-state index in [4.69, 9.17) is 178 Å². The molecule has 10 heterocycles. The van der Waals surface area contributed by atoms with Crippen LogP contribution in [0.2, 0.25) is 0 Å². The molecule has 29 atom stereocenters. The summed E-state index contributed by atoms with van der Waals surface area (Å²) in [5, 5.41) is -0.909. The first-order valence-corrected chi connectivity index (χ1v) is 66.6. The lowest BCUT2D eigenvalue weighted by Gasteiger charge is -2.41. The maximum Gasteiger partial charge on any atom is 0.490 e. The van der Waals surface area contributed by atoms with Crippen LogP contribution in [0, 0.1) is 0 Å². The van der Waals surface area contributed by atoms with E-state index in [0.29, 0.717) is 84.2 Å². The molecule has 29 unspecified atom stereocenters. The van der Waals surface area contributed by atoms with E-state index in [0.717, 1.165) is 49.4 Å². The van der Waals surface area contributed by atoms with Gasteiger partial charge in [-0.3, -0.25) is 22.6 Å². The molecule has 0 spiro atoms. The summed E-state index contributed by atoms with van der Waals surface area (Å²) in [5.41, 5.74) is -0.0633. The molecule has 0 bridgehead atoms. The molecule has 10 saturated heterocycles. The van der Waals surface area contributed by atoms with E-state index in [9.17, 15) is 103 Å². The topological polar surface area (TPSA) is 938 Å². The molecule has 0 aromatic heterocycles. The molecule has 0 saturated carbocycles. The van der Waals surface area contributed by atoms with Gasteiger partial charge in [0.15, 0.2) is 23.7 Å². The van der Waals surface area contributed by atoms with Crippen molar-refractivity contribution in [3.05, 3.63) is 0 Å². The molecule has 0 aliphatic carbocycles. The van der Waals surface area contributed by atoms with Gasteiger partial charge in [-0.1, -0.05) is 0 Å². The standard InChI is InChI=1S/C12H24BO14P3.2C11H22BO13P3S.C10H20BO13P3.C10H20BO12P3S/c1-8-6-12(21-2,3-4-22-8)25-9-5-11(13)24-10(9)7-23-29(17,18)27-30(19,20)26-28(14,15)16;1-20-11(2-4-29-5-3-11)23-8-6-10(12)22-9(8)7-21-27(16,17)25-28(18,19)24-26(13,14)15;1-20-11(2-4-21-5-3-11)23-8-6-10(12)29-9(8)7-22-27(16,17)25-28(18,19)24-26(13,14)15;11-9-5-7(22-10-3-1-2-4-19-10)8(21-9)6-20-26(15,16)24-27(17,18)23-25(12,13)14;11-9-5-7(21-10-3-1-2-4-27-10)8(20-9)6-19-25(15,16)23-26(17,18)22-24(12,13)14/h8-11H,3-7H2,1-2H3,(H,17,18)(H,19,20)(H2,14,15,16);2*8-10H,2-7H2,1H3,(H,16,17)(H,18,19)(H2,13,14,15);2*7-10H,1-6H2,(H,15,16)(H,17,18)(H2,12,13,14). The fourth-order valence-corrected chi connectivity index (χ4v) is 32.6. The molecular weight excluding hydrogens is 2300 g/mol. The molecule has 0 amide bonds. The van der Waals surface area contributed by atoms with Crippen LogP contribution >= 0.6 is 153 Å². The van der Waals surface area contributed by atoms with Crippen LogP contribution in [0.3, 0.4) is 0 Å². The maximum absolute atomic E-state index is 11.9. The molecule has 20 N–H and O–H groups in total. The van der Waals surface area contributed by atoms with Gasteiger partial charge in [0.25, 0.3) is 0 Å². The number of methoxy groups -OCH3 is 3. The van der Waals surface area contributed by atoms with Crippen molar-refractivity contribution in [2.24, 2.45) is 0 Å². The third-order valence-corrected chi connectivity index (χ3v) is 41.9. The van der Waals surface area contributed by atoms with Crippen LogP contribution in [-0.4, -0.2) is 360 Å². The molecular formula is C54H108B5O65P15S3. The highest BCUT2D eigenvalue weighted by molar-refractivity contribution is 8.02. The fraction of sp³-hybridized carbons (Fsp3) is 1.00. The van der Waals surface area contributed by atoms with E-state index in [1.54, 1.807) is 23.5 Å². The first-order valence-electron chi connectivity index (χ1n) is 40.8. The molecule has 822 valence electrons. The number of hydrogen-bond donors (Lipinski definition) is 20. The van der Waals surface area contributed by atoms with Gasteiger partial charge in [-0.15, -0.1) is 11.8 Å². The van der Waals surface area contributed by atoms with E-state index < -0.39 is 258 Å². The molecule has 10 aliphatic rings. The Hall–Kier alpha value is 2.82. The molecule has 65 nitrogen and oxygen atoms in total.